The largest absolute Gasteiger partial charge is 0.496 e. The molecule has 0 aromatic heterocycles. The fraction of sp³-hybridized carbons (Fsp3) is 0.171. The maximum Gasteiger partial charge on any atom is 0.128 e. The monoisotopic (exact) mass is 1130 g/mol. The molecule has 0 fully saturated rings. The average molecular weight is 1140 g/mol. The van der Waals surface area contributed by atoms with Crippen LogP contribution in [0.3, 0.4) is 0 Å². The van der Waals surface area contributed by atoms with Crippen LogP contribution in [0.5, 0.6) is 11.5 Å². The molecular formula is C41H32Cl2I4O2. The molecule has 0 saturated heterocycles. The average Bonchev–Trinajstić information content (AvgIpc) is 3.12. The van der Waals surface area contributed by atoms with Crippen molar-refractivity contribution in [1.29, 1.82) is 0 Å². The summed E-state index contributed by atoms with van der Waals surface area (Å²) in [4.78, 5) is 0. The highest BCUT2D eigenvalue weighted by atomic mass is 127. The lowest BCUT2D eigenvalue weighted by molar-refractivity contribution is 0.382. The zero-order valence-electron chi connectivity index (χ0n) is 26.6. The SMILES string of the molecule is COc1c2c(c(OC)c3c1[C@H](c1ccc(I)cc1)C=C[C@@H]3c1ccc(I)cc1)[C@H](c1ccc(I)cc1)C=C[C@@H]2c1ccc(I)cc1.ClCCl. The summed E-state index contributed by atoms with van der Waals surface area (Å²) in [5, 5.41) is 0.194. The van der Waals surface area contributed by atoms with Gasteiger partial charge in [0.2, 0.25) is 0 Å². The normalized spacial score (nSPS) is 18.9. The summed E-state index contributed by atoms with van der Waals surface area (Å²) in [5.41, 5.74) is 9.73. The maximum atomic E-state index is 6.64. The van der Waals surface area contributed by atoms with Crippen LogP contribution >= 0.6 is 114 Å². The summed E-state index contributed by atoms with van der Waals surface area (Å²) in [6.07, 6.45) is 9.49. The van der Waals surface area contributed by atoms with E-state index in [1.165, 1.54) is 58.8 Å². The molecule has 7 rings (SSSR count). The van der Waals surface area contributed by atoms with Gasteiger partial charge in [-0.25, -0.2) is 0 Å². The summed E-state index contributed by atoms with van der Waals surface area (Å²) >= 11 is 19.1. The molecule has 0 N–H and O–H groups in total. The van der Waals surface area contributed by atoms with Crippen LogP contribution in [0.4, 0.5) is 0 Å². The van der Waals surface area contributed by atoms with Gasteiger partial charge in [0, 0.05) is 60.2 Å². The number of ether oxygens (including phenoxy) is 2. The summed E-state index contributed by atoms with van der Waals surface area (Å²) in [6.45, 7) is 0. The van der Waals surface area contributed by atoms with Gasteiger partial charge in [-0.1, -0.05) is 72.8 Å². The van der Waals surface area contributed by atoms with Gasteiger partial charge in [0.05, 0.1) is 19.6 Å². The quantitative estimate of drug-likeness (QED) is 0.0958. The van der Waals surface area contributed by atoms with E-state index in [9.17, 15) is 0 Å². The van der Waals surface area contributed by atoms with Gasteiger partial charge in [0.1, 0.15) is 11.5 Å². The molecule has 0 bridgehead atoms. The number of fused-ring (bicyclic) bond motifs is 2. The Bertz CT molecular complexity index is 1690. The highest BCUT2D eigenvalue weighted by Gasteiger charge is 2.40. The van der Waals surface area contributed by atoms with Crippen molar-refractivity contribution in [2.45, 2.75) is 23.7 Å². The summed E-state index contributed by atoms with van der Waals surface area (Å²) < 4.78 is 18.2. The van der Waals surface area contributed by atoms with E-state index in [2.05, 4.69) is 212 Å². The minimum Gasteiger partial charge on any atom is -0.496 e. The van der Waals surface area contributed by atoms with Crippen molar-refractivity contribution in [1.82, 2.24) is 0 Å². The van der Waals surface area contributed by atoms with Crippen LogP contribution in [0.25, 0.3) is 0 Å². The van der Waals surface area contributed by atoms with Gasteiger partial charge in [-0.15, -0.1) is 23.2 Å². The molecule has 0 saturated carbocycles. The second kappa shape index (κ2) is 17.0. The summed E-state index contributed by atoms with van der Waals surface area (Å²) in [6, 6.07) is 35.6. The van der Waals surface area contributed by atoms with Crippen LogP contribution in [-0.2, 0) is 0 Å². The Kier molecular flexibility index (Phi) is 13.0. The van der Waals surface area contributed by atoms with Gasteiger partial charge in [-0.3, -0.25) is 0 Å². The number of alkyl halides is 2. The van der Waals surface area contributed by atoms with Crippen LogP contribution in [0, 0.1) is 14.3 Å². The summed E-state index contributed by atoms with van der Waals surface area (Å²) in [5.74, 6) is 1.97. The van der Waals surface area contributed by atoms with Crippen molar-refractivity contribution in [2.24, 2.45) is 0 Å². The third kappa shape index (κ3) is 7.89. The molecule has 250 valence electrons. The second-order valence-electron chi connectivity index (χ2n) is 11.7. The third-order valence-corrected chi connectivity index (χ3v) is 12.0. The Balaban J connectivity index is 0.00000134. The van der Waals surface area contributed by atoms with Gasteiger partial charge < -0.3 is 9.47 Å². The first-order valence-electron chi connectivity index (χ1n) is 15.6. The Morgan fingerprint density at radius 1 is 0.408 bits per heavy atom. The number of hydrogen-bond donors (Lipinski definition) is 0. The molecule has 0 heterocycles. The fourth-order valence-corrected chi connectivity index (χ4v) is 8.51. The predicted octanol–water partition coefficient (Wildman–Crippen LogP) is 13.2. The first kappa shape index (κ1) is 37.4. The first-order valence-corrected chi connectivity index (χ1v) is 21.0. The lowest BCUT2D eigenvalue weighted by atomic mass is 9.68. The van der Waals surface area contributed by atoms with Crippen molar-refractivity contribution in [2.75, 3.05) is 19.6 Å². The van der Waals surface area contributed by atoms with Gasteiger partial charge in [0.15, 0.2) is 0 Å². The smallest absolute Gasteiger partial charge is 0.128 e. The Morgan fingerprint density at radius 2 is 0.592 bits per heavy atom. The van der Waals surface area contributed by atoms with Crippen molar-refractivity contribution in [3.05, 3.63) is 180 Å². The number of hydrogen-bond acceptors (Lipinski definition) is 2. The lowest BCUT2D eigenvalue weighted by Gasteiger charge is -2.38. The lowest BCUT2D eigenvalue weighted by Crippen LogP contribution is -2.22. The molecule has 49 heavy (non-hydrogen) atoms. The number of methoxy groups -OCH3 is 2. The molecule has 2 nitrogen and oxygen atoms in total. The van der Waals surface area contributed by atoms with Crippen LogP contribution in [0.1, 0.15) is 68.2 Å². The molecule has 4 atom stereocenters. The number of allylic oxidation sites excluding steroid dienone is 4. The maximum absolute atomic E-state index is 6.64. The van der Waals surface area contributed by atoms with E-state index >= 15 is 0 Å². The Labute approximate surface area is 353 Å². The molecule has 0 unspecified atom stereocenters. The number of halogens is 6. The van der Waals surface area contributed by atoms with E-state index in [1.54, 1.807) is 0 Å². The van der Waals surface area contributed by atoms with Crippen molar-refractivity contribution in [3.8, 4) is 11.5 Å². The second-order valence-corrected chi connectivity index (χ2v) is 17.5. The van der Waals surface area contributed by atoms with E-state index < -0.39 is 0 Å². The van der Waals surface area contributed by atoms with Crippen molar-refractivity contribution in [3.63, 3.8) is 0 Å². The molecule has 2 aliphatic rings. The molecule has 2 aliphatic carbocycles. The van der Waals surface area contributed by atoms with Crippen molar-refractivity contribution < 1.29 is 9.47 Å². The zero-order chi connectivity index (χ0) is 34.7. The first-order chi connectivity index (χ1) is 23.8. The van der Waals surface area contributed by atoms with E-state index in [0.29, 0.717) is 0 Å². The number of rotatable bonds is 6. The zero-order valence-corrected chi connectivity index (χ0v) is 36.8. The van der Waals surface area contributed by atoms with Crippen LogP contribution < -0.4 is 9.47 Å². The topological polar surface area (TPSA) is 18.5 Å². The fourth-order valence-electron chi connectivity index (χ4n) is 7.08. The van der Waals surface area contributed by atoms with Crippen molar-refractivity contribution >= 4 is 114 Å². The van der Waals surface area contributed by atoms with Crippen LogP contribution in [0.2, 0.25) is 0 Å². The molecule has 0 radical (unpaired) electrons. The molecule has 0 aliphatic heterocycles. The minimum absolute atomic E-state index is 0.0151. The standard InChI is InChI=1S/C40H30I4O2.CH2Cl2/c1-45-39-35-31(23-3-11-27(41)12-4-23)19-21-33(25-7-15-29(43)16-8-25)37(35)40(46-2)38-34(26-9-17-30(44)18-10-26)22-20-32(36(38)39)24-5-13-28(42)14-6-24;2-1-3/h3-22,31-34H,1-2H3;1H2/t31-,32+,33+,34-;. The van der Waals surface area contributed by atoms with E-state index in [0.717, 1.165) is 11.5 Å². The highest BCUT2D eigenvalue weighted by Crippen LogP contribution is 2.58. The van der Waals surface area contributed by atoms with E-state index in [1.807, 2.05) is 14.2 Å². The predicted molar refractivity (Wildman–Crippen MR) is 238 cm³/mol. The van der Waals surface area contributed by atoms with Gasteiger partial charge in [0.25, 0.3) is 0 Å². The molecule has 5 aromatic carbocycles. The van der Waals surface area contributed by atoms with Crippen LogP contribution in [0.15, 0.2) is 121 Å². The molecule has 0 spiro atoms. The third-order valence-electron chi connectivity index (χ3n) is 9.12. The van der Waals surface area contributed by atoms with Crippen LogP contribution in [-0.4, -0.2) is 19.6 Å². The van der Waals surface area contributed by atoms with Gasteiger partial charge >= 0.3 is 0 Å². The molecule has 0 amide bonds. The van der Waals surface area contributed by atoms with Gasteiger partial charge in [-0.05, 0) is 161 Å². The van der Waals surface area contributed by atoms with Gasteiger partial charge in [-0.2, -0.15) is 0 Å². The summed E-state index contributed by atoms with van der Waals surface area (Å²) in [7, 11) is 3.68. The minimum atomic E-state index is 0.0151. The highest BCUT2D eigenvalue weighted by molar-refractivity contribution is 14.1. The molecular weight excluding hydrogens is 1100 g/mol. The van der Waals surface area contributed by atoms with E-state index in [4.69, 9.17) is 32.7 Å². The Morgan fingerprint density at radius 3 is 0.755 bits per heavy atom. The molecule has 5 aromatic rings. The Hall–Kier alpha value is -1.32. The molecule has 8 heteroatoms. The van der Waals surface area contributed by atoms with E-state index in [-0.39, 0.29) is 29.0 Å². The number of benzene rings is 5.